The van der Waals surface area contributed by atoms with Crippen molar-refractivity contribution in [2.75, 3.05) is 19.8 Å². The summed E-state index contributed by atoms with van der Waals surface area (Å²) in [6, 6.07) is 0. The second-order valence-corrected chi connectivity index (χ2v) is 11.0. The second kappa shape index (κ2) is 22.6. The molecule has 0 bridgehead atoms. The van der Waals surface area contributed by atoms with Gasteiger partial charge in [0.1, 0.15) is 24.9 Å². The van der Waals surface area contributed by atoms with Gasteiger partial charge in [0.2, 0.25) is 0 Å². The number of aliphatic carboxylic acids is 1. The average molecular weight is 651 g/mol. The Morgan fingerprint density at radius 3 is 1.67 bits per heavy atom. The Morgan fingerprint density at radius 1 is 0.667 bits per heavy atom. The van der Waals surface area contributed by atoms with Crippen molar-refractivity contribution in [1.29, 1.82) is 0 Å². The molecule has 1 fully saturated rings. The molecule has 1 rings (SSSR count). The third-order valence-electron chi connectivity index (χ3n) is 7.00. The molecule has 7 atom stereocenters. The Kier molecular flexibility index (Phi) is 20.2. The first kappa shape index (κ1) is 40.2. The molecule has 1 aliphatic rings. The number of esters is 4. The van der Waals surface area contributed by atoms with Gasteiger partial charge in [-0.3, -0.25) is 24.0 Å². The fraction of sp³-hybridized carbons (Fsp3) is 0.833. The normalized spacial score (nSPS) is 22.6. The highest BCUT2D eigenvalue weighted by molar-refractivity contribution is 5.70. The van der Waals surface area contributed by atoms with Gasteiger partial charge in [0.25, 0.3) is 0 Å². The summed E-state index contributed by atoms with van der Waals surface area (Å²) in [5.41, 5.74) is 0. The van der Waals surface area contributed by atoms with Gasteiger partial charge in [-0.05, 0) is 12.8 Å². The fourth-order valence-corrected chi connectivity index (χ4v) is 4.73. The number of hydrogen-bond donors (Lipinski definition) is 4. The van der Waals surface area contributed by atoms with Crippen LogP contribution in [0.25, 0.3) is 0 Å². The molecule has 0 aromatic heterocycles. The van der Waals surface area contributed by atoms with Crippen LogP contribution in [0.4, 0.5) is 0 Å². The van der Waals surface area contributed by atoms with Crippen LogP contribution in [0.5, 0.6) is 0 Å². The van der Waals surface area contributed by atoms with E-state index >= 15 is 0 Å². The van der Waals surface area contributed by atoms with Gasteiger partial charge in [0.05, 0.1) is 13.2 Å². The molecule has 4 N–H and O–H groups in total. The standard InChI is InChI=1S/C30H50O15/c1-19(32)40-18-24-27(42-20(2)33)28(29(43-21(3)34)30(44-24)41-17-23(36)22(35)16-31)45-26(39)15-13-11-9-7-5-4-6-8-10-12-14-25(37)38/h22-24,27-31,35-36H,4-18H2,1-3H3,(H,37,38)/t22-,23+,24-,27-,28+,29+,30-/m1/s1. The van der Waals surface area contributed by atoms with Crippen LogP contribution in [-0.4, -0.2) is 113 Å². The van der Waals surface area contributed by atoms with E-state index in [4.69, 9.17) is 38.6 Å². The number of carbonyl (C=O) groups excluding carboxylic acids is 4. The molecule has 260 valence electrons. The number of ether oxygens (including phenoxy) is 6. The van der Waals surface area contributed by atoms with Gasteiger partial charge >= 0.3 is 29.8 Å². The molecule has 45 heavy (non-hydrogen) atoms. The van der Waals surface area contributed by atoms with E-state index in [9.17, 15) is 34.2 Å². The molecule has 0 spiro atoms. The van der Waals surface area contributed by atoms with E-state index in [1.807, 2.05) is 0 Å². The number of aliphatic hydroxyl groups excluding tert-OH is 3. The van der Waals surface area contributed by atoms with E-state index in [0.717, 1.165) is 72.1 Å². The first-order chi connectivity index (χ1) is 21.3. The van der Waals surface area contributed by atoms with Crippen LogP contribution < -0.4 is 0 Å². The number of unbranched alkanes of at least 4 members (excludes halogenated alkanes) is 9. The van der Waals surface area contributed by atoms with Crippen molar-refractivity contribution < 1.29 is 72.8 Å². The lowest BCUT2D eigenvalue weighted by Crippen LogP contribution is -2.63. The Hall–Kier alpha value is -2.85. The highest BCUT2D eigenvalue weighted by Gasteiger charge is 2.53. The summed E-state index contributed by atoms with van der Waals surface area (Å²) in [6.45, 7) is 1.55. The quantitative estimate of drug-likeness (QED) is 0.0700. The summed E-state index contributed by atoms with van der Waals surface area (Å²) >= 11 is 0. The SMILES string of the molecule is CC(=O)OC[C@H]1O[C@@H](OC[C@H](O)[C@H](O)CO)[C@@H](OC(C)=O)[C@@H](OC(=O)CCCCCCCCCCCCC(=O)O)[C@@H]1OC(C)=O. The minimum absolute atomic E-state index is 0.0159. The first-order valence-corrected chi connectivity index (χ1v) is 15.5. The van der Waals surface area contributed by atoms with Gasteiger partial charge in [-0.2, -0.15) is 0 Å². The lowest BCUT2D eigenvalue weighted by Gasteiger charge is -2.44. The summed E-state index contributed by atoms with van der Waals surface area (Å²) in [6.07, 6.45) is -1.02. The number of aliphatic hydroxyl groups is 3. The first-order valence-electron chi connectivity index (χ1n) is 15.5. The largest absolute Gasteiger partial charge is 0.481 e. The molecule has 0 aromatic carbocycles. The zero-order chi connectivity index (χ0) is 33.8. The van der Waals surface area contributed by atoms with Crippen LogP contribution >= 0.6 is 0 Å². The maximum atomic E-state index is 12.9. The molecule has 0 aliphatic carbocycles. The van der Waals surface area contributed by atoms with Crippen molar-refractivity contribution in [1.82, 2.24) is 0 Å². The fourth-order valence-electron chi connectivity index (χ4n) is 4.73. The third-order valence-corrected chi connectivity index (χ3v) is 7.00. The van der Waals surface area contributed by atoms with Crippen molar-refractivity contribution in [3.8, 4) is 0 Å². The maximum absolute atomic E-state index is 12.9. The molecular formula is C30H50O15. The molecule has 0 unspecified atom stereocenters. The minimum atomic E-state index is -1.56. The second-order valence-electron chi connectivity index (χ2n) is 11.0. The number of carbonyl (C=O) groups is 5. The van der Waals surface area contributed by atoms with Gasteiger partial charge in [0, 0.05) is 33.6 Å². The van der Waals surface area contributed by atoms with Gasteiger partial charge in [-0.15, -0.1) is 0 Å². The molecular weight excluding hydrogens is 600 g/mol. The Labute approximate surface area is 263 Å². The predicted octanol–water partition coefficient (Wildman–Crippen LogP) is 1.55. The highest BCUT2D eigenvalue weighted by Crippen LogP contribution is 2.30. The average Bonchev–Trinajstić information content (AvgIpc) is 2.96. The molecule has 1 saturated heterocycles. The van der Waals surface area contributed by atoms with Crippen molar-refractivity contribution in [3.05, 3.63) is 0 Å². The summed E-state index contributed by atoms with van der Waals surface area (Å²) in [5, 5.41) is 37.5. The lowest BCUT2D eigenvalue weighted by molar-refractivity contribution is -0.312. The van der Waals surface area contributed by atoms with Crippen LogP contribution in [0.1, 0.15) is 97.8 Å². The van der Waals surface area contributed by atoms with Crippen LogP contribution in [0.3, 0.4) is 0 Å². The van der Waals surface area contributed by atoms with E-state index in [1.54, 1.807) is 0 Å². The molecule has 0 amide bonds. The number of carboxylic acid groups (broad SMARTS) is 1. The number of rotatable bonds is 23. The van der Waals surface area contributed by atoms with Crippen LogP contribution in [0, 0.1) is 0 Å². The van der Waals surface area contributed by atoms with E-state index in [-0.39, 0.29) is 12.8 Å². The lowest BCUT2D eigenvalue weighted by atomic mass is 9.98. The summed E-state index contributed by atoms with van der Waals surface area (Å²) in [4.78, 5) is 59.0. The van der Waals surface area contributed by atoms with Crippen LogP contribution in [0.2, 0.25) is 0 Å². The van der Waals surface area contributed by atoms with Gasteiger partial charge in [-0.25, -0.2) is 0 Å². The van der Waals surface area contributed by atoms with Gasteiger partial charge in [0.15, 0.2) is 24.6 Å². The van der Waals surface area contributed by atoms with Crippen LogP contribution in [-0.2, 0) is 52.4 Å². The van der Waals surface area contributed by atoms with Crippen molar-refractivity contribution in [2.24, 2.45) is 0 Å². The minimum Gasteiger partial charge on any atom is -0.481 e. The highest BCUT2D eigenvalue weighted by atomic mass is 16.7. The Bertz CT molecular complexity index is 910. The molecule has 15 heteroatoms. The Balaban J connectivity index is 2.83. The summed E-state index contributed by atoms with van der Waals surface area (Å²) < 4.78 is 32.8. The monoisotopic (exact) mass is 650 g/mol. The predicted molar refractivity (Wildman–Crippen MR) is 154 cm³/mol. The topological polar surface area (TPSA) is 222 Å². The zero-order valence-corrected chi connectivity index (χ0v) is 26.4. The van der Waals surface area contributed by atoms with E-state index < -0.39 is 92.6 Å². The van der Waals surface area contributed by atoms with Crippen LogP contribution in [0.15, 0.2) is 0 Å². The molecule has 1 heterocycles. The van der Waals surface area contributed by atoms with E-state index in [2.05, 4.69) is 0 Å². The molecule has 0 saturated carbocycles. The molecule has 0 radical (unpaired) electrons. The number of hydrogen-bond acceptors (Lipinski definition) is 14. The van der Waals surface area contributed by atoms with E-state index in [1.165, 1.54) is 0 Å². The summed E-state index contributed by atoms with van der Waals surface area (Å²) in [7, 11) is 0. The summed E-state index contributed by atoms with van der Waals surface area (Å²) in [5.74, 6) is -3.70. The number of carboxylic acids is 1. The molecule has 1 aliphatic heterocycles. The van der Waals surface area contributed by atoms with Gasteiger partial charge < -0.3 is 48.8 Å². The van der Waals surface area contributed by atoms with Crippen molar-refractivity contribution >= 4 is 29.8 Å². The van der Waals surface area contributed by atoms with Crippen molar-refractivity contribution in [2.45, 2.75) is 141 Å². The Morgan fingerprint density at radius 2 is 1.18 bits per heavy atom. The molecule has 0 aromatic rings. The smallest absolute Gasteiger partial charge is 0.306 e. The third kappa shape index (κ3) is 17.4. The molecule has 15 nitrogen and oxygen atoms in total. The van der Waals surface area contributed by atoms with Gasteiger partial charge in [-0.1, -0.05) is 51.4 Å². The van der Waals surface area contributed by atoms with Crippen molar-refractivity contribution in [3.63, 3.8) is 0 Å². The maximum Gasteiger partial charge on any atom is 0.306 e. The zero-order valence-electron chi connectivity index (χ0n) is 26.4. The van der Waals surface area contributed by atoms with E-state index in [0.29, 0.717) is 12.8 Å².